The number of unbranched alkanes of at least 4 members (excludes halogenated alkanes) is 30. The first-order chi connectivity index (χ1) is 48.2. The maximum Gasteiger partial charge on any atom is 0.472 e. The molecular weight excluding hydrogens is 1290 g/mol. The second-order valence-corrected chi connectivity index (χ2v) is 28.7. The molecule has 570 valence electrons. The Labute approximate surface area is 602 Å². The highest BCUT2D eigenvalue weighted by Gasteiger charge is 2.29. The summed E-state index contributed by atoms with van der Waals surface area (Å²) < 4.78 is 61.1. The summed E-state index contributed by atoms with van der Waals surface area (Å²) >= 11 is 0. The molecule has 18 heteroatoms. The lowest BCUT2D eigenvalue weighted by Gasteiger charge is -2.21. The molecule has 16 nitrogen and oxygen atoms in total. The third-order valence-electron chi connectivity index (χ3n) is 16.2. The Balaban J connectivity index is 4.56. The normalized spacial score (nSPS) is 14.7. The molecule has 0 radical (unpaired) electrons. The molecule has 4 N–H and O–H groups in total. The van der Waals surface area contributed by atoms with Gasteiger partial charge in [0.15, 0.2) is 6.10 Å². The highest BCUT2D eigenvalue weighted by molar-refractivity contribution is 7.47. The molecule has 5 unspecified atom stereocenters. The van der Waals surface area contributed by atoms with Crippen LogP contribution in [-0.4, -0.2) is 95.9 Å². The number of rotatable bonds is 73. The quantitative estimate of drug-likeness (QED) is 0.0146. The predicted octanol–water partition coefficient (Wildman–Crippen LogP) is 22.5. The van der Waals surface area contributed by atoms with E-state index in [-0.39, 0.29) is 19.3 Å². The summed E-state index contributed by atoms with van der Waals surface area (Å²) in [5.41, 5.74) is 0. The lowest BCUT2D eigenvalue weighted by atomic mass is 10.0. The van der Waals surface area contributed by atoms with Crippen molar-refractivity contribution in [3.63, 3.8) is 0 Å². The minimum atomic E-state index is -4.93. The summed E-state index contributed by atoms with van der Waals surface area (Å²) in [6, 6.07) is 0. The van der Waals surface area contributed by atoms with Crippen molar-refractivity contribution >= 4 is 33.6 Å². The Morgan fingerprint density at radius 3 is 0.869 bits per heavy atom. The monoisotopic (exact) mass is 1430 g/mol. The van der Waals surface area contributed by atoms with Crippen LogP contribution >= 0.6 is 15.6 Å². The van der Waals surface area contributed by atoms with Crippen LogP contribution in [0.4, 0.5) is 0 Å². The molecule has 0 aromatic rings. The van der Waals surface area contributed by atoms with E-state index in [1.807, 2.05) is 0 Å². The van der Waals surface area contributed by atoms with Gasteiger partial charge in [0.05, 0.1) is 26.4 Å². The van der Waals surface area contributed by atoms with Gasteiger partial charge in [0.2, 0.25) is 0 Å². The third-order valence-corrected chi connectivity index (χ3v) is 18.1. The zero-order valence-corrected chi connectivity index (χ0v) is 63.9. The van der Waals surface area contributed by atoms with Gasteiger partial charge in [0.1, 0.15) is 25.4 Å². The molecule has 5 atom stereocenters. The van der Waals surface area contributed by atoms with Crippen molar-refractivity contribution in [3.8, 4) is 0 Å². The Bertz CT molecular complexity index is 2290. The zero-order valence-electron chi connectivity index (χ0n) is 62.1. The summed E-state index contributed by atoms with van der Waals surface area (Å²) in [7, 11) is -9.79. The molecule has 0 saturated heterocycles. The molecule has 0 saturated carbocycles. The SMILES string of the molecule is CC/C=C\C/C=C\C/C=C\C/C=C\C/C=C\C/C=C\CCCCCCC(=O)OCC(COP(=O)(O)OCC(O)COP(=O)(O)OCC(O)COC(=O)CCCCCCCCCCCCC/C=C\C/C=C\C/C=C\C/C=C\CCCCC)OC(=O)CCCCCCCCCCCCCCC. The van der Waals surface area contributed by atoms with E-state index in [0.717, 1.165) is 135 Å². The molecule has 0 spiro atoms. The van der Waals surface area contributed by atoms with Gasteiger partial charge in [-0.25, -0.2) is 9.13 Å². The van der Waals surface area contributed by atoms with Gasteiger partial charge in [-0.3, -0.25) is 32.5 Å². The van der Waals surface area contributed by atoms with Crippen molar-refractivity contribution in [2.24, 2.45) is 0 Å². The van der Waals surface area contributed by atoms with Crippen LogP contribution in [0.3, 0.4) is 0 Å². The maximum atomic E-state index is 12.9. The fourth-order valence-corrected chi connectivity index (χ4v) is 11.8. The van der Waals surface area contributed by atoms with E-state index < -0.39 is 91.5 Å². The molecule has 0 aliphatic rings. The molecular formula is C81H140O16P2. The van der Waals surface area contributed by atoms with Crippen molar-refractivity contribution in [2.75, 3.05) is 39.6 Å². The van der Waals surface area contributed by atoms with Gasteiger partial charge in [0.25, 0.3) is 0 Å². The molecule has 0 heterocycles. The van der Waals surface area contributed by atoms with E-state index in [4.69, 9.17) is 32.3 Å². The van der Waals surface area contributed by atoms with Crippen LogP contribution in [0, 0.1) is 0 Å². The lowest BCUT2D eigenvalue weighted by Crippen LogP contribution is -2.30. The highest BCUT2D eigenvalue weighted by atomic mass is 31.2. The van der Waals surface area contributed by atoms with E-state index in [0.29, 0.717) is 19.3 Å². The van der Waals surface area contributed by atoms with E-state index in [2.05, 4.69) is 142 Å². The van der Waals surface area contributed by atoms with Crippen molar-refractivity contribution in [1.29, 1.82) is 0 Å². The number of ether oxygens (including phenoxy) is 3. The van der Waals surface area contributed by atoms with Crippen molar-refractivity contribution in [1.82, 2.24) is 0 Å². The van der Waals surface area contributed by atoms with E-state index in [1.54, 1.807) is 0 Å². The molecule has 0 aliphatic carbocycles. The molecule has 0 aliphatic heterocycles. The standard InChI is InChI=1S/C81H140O16P2/c1-4-7-10-13-16-19-22-25-27-29-31-33-35-36-37-38-40-42-43-45-47-50-52-55-58-61-64-67-79(84)91-70-76(82)71-93-98(87,88)94-72-77(83)73-95-99(89,90)96-75-78(97-81(86)69-66-63-60-57-54-49-24-21-18-15-12-9-6-3)74-92-80(85)68-65-62-59-56-53-51-48-46-44-41-39-34-32-30-28-26-23-20-17-14-11-8-5-2/h8,11,16-17,19-20,25-28,31-34,36-37,41,44,48,51,76-78,82-83H,4-7,9-10,12-15,18,21-24,29-30,35,38-40,42-43,45-47,49-50,52-75H2,1-3H3,(H,87,88)(H,89,90)/b11-8-,19-16-,20-17-,27-25-,28-26-,33-31-,34-32-,37-36-,44-41-,51-48-. The molecule has 0 aromatic heterocycles. The summed E-state index contributed by atoms with van der Waals surface area (Å²) in [4.78, 5) is 58.6. The Morgan fingerprint density at radius 1 is 0.293 bits per heavy atom. The average molecular weight is 1430 g/mol. The number of hydrogen-bond acceptors (Lipinski definition) is 14. The van der Waals surface area contributed by atoms with Gasteiger partial charge in [0, 0.05) is 19.3 Å². The summed E-state index contributed by atoms with van der Waals surface area (Å²) in [5.74, 6) is -1.60. The molecule has 0 aromatic carbocycles. The molecule has 0 amide bonds. The zero-order chi connectivity index (χ0) is 72.3. The van der Waals surface area contributed by atoms with E-state index in [9.17, 15) is 43.5 Å². The van der Waals surface area contributed by atoms with Crippen LogP contribution in [0.5, 0.6) is 0 Å². The van der Waals surface area contributed by atoms with Gasteiger partial charge in [-0.15, -0.1) is 0 Å². The molecule has 0 rings (SSSR count). The fourth-order valence-electron chi connectivity index (χ4n) is 10.3. The van der Waals surface area contributed by atoms with Crippen LogP contribution in [-0.2, 0) is 55.8 Å². The summed E-state index contributed by atoms with van der Waals surface area (Å²) in [6.45, 7) is 2.52. The minimum Gasteiger partial charge on any atom is -0.463 e. The second-order valence-electron chi connectivity index (χ2n) is 25.8. The van der Waals surface area contributed by atoms with Crippen LogP contribution < -0.4 is 0 Å². The number of aliphatic hydroxyl groups is 2. The lowest BCUT2D eigenvalue weighted by molar-refractivity contribution is -0.161. The van der Waals surface area contributed by atoms with Crippen LogP contribution in [0.15, 0.2) is 122 Å². The van der Waals surface area contributed by atoms with E-state index in [1.165, 1.54) is 122 Å². The number of carbonyl (C=O) groups is 3. The Morgan fingerprint density at radius 2 is 0.535 bits per heavy atom. The fraction of sp³-hybridized carbons (Fsp3) is 0.716. The van der Waals surface area contributed by atoms with Crippen LogP contribution in [0.1, 0.15) is 316 Å². The highest BCUT2D eigenvalue weighted by Crippen LogP contribution is 2.45. The first-order valence-electron chi connectivity index (χ1n) is 38.8. The van der Waals surface area contributed by atoms with Gasteiger partial charge in [-0.05, 0) is 116 Å². The second kappa shape index (κ2) is 73.7. The molecule has 0 fully saturated rings. The first kappa shape index (κ1) is 94.9. The number of esters is 3. The van der Waals surface area contributed by atoms with Crippen LogP contribution in [0.2, 0.25) is 0 Å². The minimum absolute atomic E-state index is 0.0992. The molecule has 99 heavy (non-hydrogen) atoms. The number of carbonyl (C=O) groups excluding carboxylic acids is 3. The third kappa shape index (κ3) is 74.9. The first-order valence-corrected chi connectivity index (χ1v) is 41.8. The van der Waals surface area contributed by atoms with Gasteiger partial charge in [-0.2, -0.15) is 0 Å². The smallest absolute Gasteiger partial charge is 0.463 e. The predicted molar refractivity (Wildman–Crippen MR) is 408 cm³/mol. The Kier molecular flexibility index (Phi) is 70.7. The Hall–Kier alpha value is -4.05. The number of allylic oxidation sites excluding steroid dienone is 20. The van der Waals surface area contributed by atoms with Gasteiger partial charge in [-0.1, -0.05) is 303 Å². The average Bonchev–Trinajstić information content (AvgIpc) is 1.02. The molecule has 0 bridgehead atoms. The maximum absolute atomic E-state index is 12.9. The van der Waals surface area contributed by atoms with Gasteiger partial charge >= 0.3 is 33.6 Å². The number of phosphoric ester groups is 2. The van der Waals surface area contributed by atoms with Gasteiger partial charge < -0.3 is 34.2 Å². The van der Waals surface area contributed by atoms with Crippen molar-refractivity contribution < 1.29 is 75.8 Å². The van der Waals surface area contributed by atoms with Crippen molar-refractivity contribution in [2.45, 2.75) is 334 Å². The largest absolute Gasteiger partial charge is 0.472 e. The van der Waals surface area contributed by atoms with Crippen molar-refractivity contribution in [3.05, 3.63) is 122 Å². The van der Waals surface area contributed by atoms with Crippen LogP contribution in [0.25, 0.3) is 0 Å². The summed E-state index contributed by atoms with van der Waals surface area (Å²) in [5, 5.41) is 20.6. The number of hydrogen-bond donors (Lipinski definition) is 4. The topological polar surface area (TPSA) is 231 Å². The summed E-state index contributed by atoms with van der Waals surface area (Å²) in [6.07, 6.45) is 86.7. The van der Waals surface area contributed by atoms with E-state index >= 15 is 0 Å². The number of phosphoric acid groups is 2. The number of aliphatic hydroxyl groups excluding tert-OH is 2.